The highest BCUT2D eigenvalue weighted by Crippen LogP contribution is 2.29. The van der Waals surface area contributed by atoms with Crippen LogP contribution in [0.25, 0.3) is 0 Å². The van der Waals surface area contributed by atoms with Crippen LogP contribution >= 0.6 is 0 Å². The molecule has 0 unspecified atom stereocenters. The first kappa shape index (κ1) is 16.6. The standard InChI is InChI=1S/C21H25NO2/c1-15(2)17-10-5-6-13-20(17)24-14-21(23)22-19-12-7-9-16-8-3-4-11-18(16)19/h3-6,8,10-11,13,15,19H,7,9,12,14H2,1-2H3,(H,22,23)/t19-/m1/s1. The number of ether oxygens (including phenoxy) is 1. The summed E-state index contributed by atoms with van der Waals surface area (Å²) in [7, 11) is 0. The van der Waals surface area contributed by atoms with Gasteiger partial charge in [0.2, 0.25) is 0 Å². The molecule has 1 aliphatic carbocycles. The predicted molar refractivity (Wildman–Crippen MR) is 96.3 cm³/mol. The zero-order valence-corrected chi connectivity index (χ0v) is 14.4. The second-order valence-electron chi connectivity index (χ2n) is 6.69. The normalized spacial score (nSPS) is 16.5. The lowest BCUT2D eigenvalue weighted by atomic mass is 9.88. The lowest BCUT2D eigenvalue weighted by Crippen LogP contribution is -2.34. The molecule has 1 aliphatic rings. The molecule has 24 heavy (non-hydrogen) atoms. The van der Waals surface area contributed by atoms with E-state index < -0.39 is 0 Å². The van der Waals surface area contributed by atoms with Gasteiger partial charge in [0.1, 0.15) is 5.75 Å². The van der Waals surface area contributed by atoms with Crippen molar-refractivity contribution in [3.05, 3.63) is 65.2 Å². The molecule has 1 N–H and O–H groups in total. The fourth-order valence-electron chi connectivity index (χ4n) is 3.37. The van der Waals surface area contributed by atoms with Crippen molar-refractivity contribution in [1.29, 1.82) is 0 Å². The lowest BCUT2D eigenvalue weighted by molar-refractivity contribution is -0.124. The Hall–Kier alpha value is -2.29. The zero-order valence-electron chi connectivity index (χ0n) is 14.4. The van der Waals surface area contributed by atoms with Crippen LogP contribution in [-0.2, 0) is 11.2 Å². The van der Waals surface area contributed by atoms with E-state index in [0.717, 1.165) is 30.6 Å². The summed E-state index contributed by atoms with van der Waals surface area (Å²) in [4.78, 5) is 12.3. The lowest BCUT2D eigenvalue weighted by Gasteiger charge is -2.26. The maximum Gasteiger partial charge on any atom is 0.258 e. The third-order valence-corrected chi connectivity index (χ3v) is 4.60. The van der Waals surface area contributed by atoms with Gasteiger partial charge in [0.25, 0.3) is 5.91 Å². The van der Waals surface area contributed by atoms with Crippen LogP contribution in [0, 0.1) is 0 Å². The van der Waals surface area contributed by atoms with Gasteiger partial charge in [0.05, 0.1) is 6.04 Å². The minimum absolute atomic E-state index is 0.0579. The third-order valence-electron chi connectivity index (χ3n) is 4.60. The topological polar surface area (TPSA) is 38.3 Å². The van der Waals surface area contributed by atoms with E-state index in [1.165, 1.54) is 11.1 Å². The molecule has 3 heteroatoms. The highest BCUT2D eigenvalue weighted by atomic mass is 16.5. The molecule has 0 heterocycles. The van der Waals surface area contributed by atoms with Crippen molar-refractivity contribution < 1.29 is 9.53 Å². The van der Waals surface area contributed by atoms with E-state index in [9.17, 15) is 4.79 Å². The second kappa shape index (κ2) is 7.52. The van der Waals surface area contributed by atoms with Gasteiger partial charge in [-0.05, 0) is 47.9 Å². The van der Waals surface area contributed by atoms with Crippen molar-refractivity contribution in [1.82, 2.24) is 5.32 Å². The molecule has 126 valence electrons. The third kappa shape index (κ3) is 3.78. The first-order chi connectivity index (χ1) is 11.6. The van der Waals surface area contributed by atoms with Crippen molar-refractivity contribution in [3.8, 4) is 5.75 Å². The average molecular weight is 323 g/mol. The summed E-state index contributed by atoms with van der Waals surface area (Å²) in [6.07, 6.45) is 3.20. The molecule has 0 bridgehead atoms. The van der Waals surface area contributed by atoms with Crippen molar-refractivity contribution >= 4 is 5.91 Å². The number of fused-ring (bicyclic) bond motifs is 1. The largest absolute Gasteiger partial charge is 0.483 e. The van der Waals surface area contributed by atoms with E-state index >= 15 is 0 Å². The summed E-state index contributed by atoms with van der Waals surface area (Å²) in [5.41, 5.74) is 3.73. The number of carbonyl (C=O) groups is 1. The molecular weight excluding hydrogens is 298 g/mol. The van der Waals surface area contributed by atoms with E-state index in [0.29, 0.717) is 5.92 Å². The Balaban J connectivity index is 1.61. The Morgan fingerprint density at radius 1 is 1.17 bits per heavy atom. The van der Waals surface area contributed by atoms with Gasteiger partial charge in [0.15, 0.2) is 6.61 Å². The Bertz CT molecular complexity index is 708. The summed E-state index contributed by atoms with van der Waals surface area (Å²) in [6, 6.07) is 16.4. The fourth-order valence-corrected chi connectivity index (χ4v) is 3.37. The Morgan fingerprint density at radius 3 is 2.75 bits per heavy atom. The monoisotopic (exact) mass is 323 g/mol. The van der Waals surface area contributed by atoms with E-state index in [4.69, 9.17) is 4.74 Å². The number of benzene rings is 2. The van der Waals surface area contributed by atoms with Gasteiger partial charge in [-0.25, -0.2) is 0 Å². The molecule has 0 saturated heterocycles. The molecule has 0 radical (unpaired) electrons. The van der Waals surface area contributed by atoms with Crippen LogP contribution in [0.15, 0.2) is 48.5 Å². The molecule has 3 rings (SSSR count). The van der Waals surface area contributed by atoms with Crippen LogP contribution in [0.2, 0.25) is 0 Å². The Morgan fingerprint density at radius 2 is 1.92 bits per heavy atom. The molecule has 0 aliphatic heterocycles. The SMILES string of the molecule is CC(C)c1ccccc1OCC(=O)N[C@@H]1CCCc2ccccc21. The van der Waals surface area contributed by atoms with Gasteiger partial charge in [-0.15, -0.1) is 0 Å². The quantitative estimate of drug-likeness (QED) is 0.886. The van der Waals surface area contributed by atoms with Gasteiger partial charge < -0.3 is 10.1 Å². The van der Waals surface area contributed by atoms with Crippen LogP contribution in [0.1, 0.15) is 55.3 Å². The van der Waals surface area contributed by atoms with Crippen LogP contribution < -0.4 is 10.1 Å². The van der Waals surface area contributed by atoms with Gasteiger partial charge in [0, 0.05) is 0 Å². The number of nitrogens with one attached hydrogen (secondary N) is 1. The van der Waals surface area contributed by atoms with E-state index in [-0.39, 0.29) is 18.6 Å². The average Bonchev–Trinajstić information content (AvgIpc) is 2.60. The van der Waals surface area contributed by atoms with Gasteiger partial charge >= 0.3 is 0 Å². The van der Waals surface area contributed by atoms with Crippen molar-refractivity contribution in [2.75, 3.05) is 6.61 Å². The molecule has 0 aromatic heterocycles. The Labute approximate surface area is 144 Å². The number of aryl methyl sites for hydroxylation is 1. The highest BCUT2D eigenvalue weighted by Gasteiger charge is 2.21. The van der Waals surface area contributed by atoms with Gasteiger partial charge in [-0.1, -0.05) is 56.3 Å². The fraction of sp³-hybridized carbons (Fsp3) is 0.381. The summed E-state index contributed by atoms with van der Waals surface area (Å²) < 4.78 is 5.78. The molecule has 1 atom stereocenters. The van der Waals surface area contributed by atoms with Crippen LogP contribution in [0.4, 0.5) is 0 Å². The van der Waals surface area contributed by atoms with E-state index in [1.807, 2.05) is 24.3 Å². The smallest absolute Gasteiger partial charge is 0.258 e. The number of carbonyl (C=O) groups excluding carboxylic acids is 1. The van der Waals surface area contributed by atoms with Gasteiger partial charge in [-0.3, -0.25) is 4.79 Å². The molecule has 1 amide bonds. The number of hydrogen-bond acceptors (Lipinski definition) is 2. The molecule has 0 saturated carbocycles. The molecule has 0 spiro atoms. The van der Waals surface area contributed by atoms with Crippen molar-refractivity contribution in [3.63, 3.8) is 0 Å². The molecular formula is C21H25NO2. The van der Waals surface area contributed by atoms with Gasteiger partial charge in [-0.2, -0.15) is 0 Å². The summed E-state index contributed by atoms with van der Waals surface area (Å²) >= 11 is 0. The van der Waals surface area contributed by atoms with Crippen molar-refractivity contribution in [2.24, 2.45) is 0 Å². The van der Waals surface area contributed by atoms with Crippen molar-refractivity contribution in [2.45, 2.75) is 45.1 Å². The van der Waals surface area contributed by atoms with Crippen LogP contribution in [0.5, 0.6) is 5.75 Å². The maximum atomic E-state index is 12.3. The first-order valence-electron chi connectivity index (χ1n) is 8.74. The number of rotatable bonds is 5. The minimum atomic E-state index is -0.0599. The zero-order chi connectivity index (χ0) is 16.9. The molecule has 2 aromatic carbocycles. The number of amides is 1. The molecule has 2 aromatic rings. The van der Waals surface area contributed by atoms with Crippen LogP contribution in [-0.4, -0.2) is 12.5 Å². The molecule has 0 fully saturated rings. The minimum Gasteiger partial charge on any atom is -0.483 e. The first-order valence-corrected chi connectivity index (χ1v) is 8.74. The highest BCUT2D eigenvalue weighted by molar-refractivity contribution is 5.78. The predicted octanol–water partition coefficient (Wildman–Crippen LogP) is 4.38. The summed E-state index contributed by atoms with van der Waals surface area (Å²) in [6.45, 7) is 4.31. The number of para-hydroxylation sites is 1. The molecule has 3 nitrogen and oxygen atoms in total. The van der Waals surface area contributed by atoms with E-state index in [1.54, 1.807) is 0 Å². The maximum absolute atomic E-state index is 12.3. The van der Waals surface area contributed by atoms with Crippen LogP contribution in [0.3, 0.4) is 0 Å². The summed E-state index contributed by atoms with van der Waals surface area (Å²) in [5, 5.41) is 3.13. The Kier molecular flexibility index (Phi) is 5.19. The van der Waals surface area contributed by atoms with E-state index in [2.05, 4.69) is 43.4 Å². The second-order valence-corrected chi connectivity index (χ2v) is 6.69. The summed E-state index contributed by atoms with van der Waals surface area (Å²) in [5.74, 6) is 1.11. The number of hydrogen-bond donors (Lipinski definition) is 1.